The molecular weight excluding hydrogens is 997 g/mol. The highest BCUT2D eigenvalue weighted by atomic mass is 16.6. The zero-order valence-corrected chi connectivity index (χ0v) is 53.5. The molecule has 0 amide bonds. The van der Waals surface area contributed by atoms with Crippen LogP contribution >= 0.6 is 0 Å². The maximum Gasteiger partial charge on any atom is 0.306 e. The lowest BCUT2D eigenvalue weighted by molar-refractivity contribution is -0.167. The van der Waals surface area contributed by atoms with Crippen molar-refractivity contribution in [2.24, 2.45) is 0 Å². The van der Waals surface area contributed by atoms with Crippen LogP contribution in [-0.4, -0.2) is 37.2 Å². The molecule has 6 nitrogen and oxygen atoms in total. The summed E-state index contributed by atoms with van der Waals surface area (Å²) in [5, 5.41) is 0. The molecule has 0 spiro atoms. The molecule has 0 aliphatic carbocycles. The predicted octanol–water partition coefficient (Wildman–Crippen LogP) is 24.0. The van der Waals surface area contributed by atoms with Gasteiger partial charge in [-0.25, -0.2) is 0 Å². The second-order valence-electron chi connectivity index (χ2n) is 23.0. The van der Waals surface area contributed by atoms with Crippen LogP contribution in [-0.2, 0) is 28.6 Å². The third-order valence-corrected chi connectivity index (χ3v) is 15.1. The van der Waals surface area contributed by atoms with Gasteiger partial charge < -0.3 is 14.2 Å². The number of ether oxygens (including phenoxy) is 3. The van der Waals surface area contributed by atoms with E-state index in [2.05, 4.69) is 118 Å². The maximum absolute atomic E-state index is 13.0. The highest BCUT2D eigenvalue weighted by Crippen LogP contribution is 2.18. The molecule has 1 atom stereocenters. The average Bonchev–Trinajstić information content (AvgIpc) is 3.47. The SMILES string of the molecule is CC/C=C\C/C=C\C/C=C\C/C=C\CCCCCCCCCCCCCCC(=O)OCC(COC(=O)CCCCCC/C=C\C/C=C\C/C=C\C/C=C\CC)OC(=O)CCCCCCCCCCCCCCCCCCCCCCC. The first kappa shape index (κ1) is 77.3. The Morgan fingerprint density at radius 1 is 0.259 bits per heavy atom. The van der Waals surface area contributed by atoms with Crippen molar-refractivity contribution in [2.45, 2.75) is 348 Å². The van der Waals surface area contributed by atoms with Crippen molar-refractivity contribution in [2.75, 3.05) is 13.2 Å². The predicted molar refractivity (Wildman–Crippen MR) is 353 cm³/mol. The van der Waals surface area contributed by atoms with Crippen LogP contribution in [0.15, 0.2) is 97.2 Å². The second-order valence-corrected chi connectivity index (χ2v) is 23.0. The Kier molecular flexibility index (Phi) is 65.7. The largest absolute Gasteiger partial charge is 0.462 e. The molecule has 0 rings (SSSR count). The van der Waals surface area contributed by atoms with E-state index in [1.54, 1.807) is 0 Å². The summed E-state index contributed by atoms with van der Waals surface area (Å²) in [6, 6.07) is 0. The Balaban J connectivity index is 4.35. The minimum atomic E-state index is -0.789. The molecule has 0 radical (unpaired) electrons. The number of hydrogen-bond acceptors (Lipinski definition) is 6. The van der Waals surface area contributed by atoms with Crippen molar-refractivity contribution in [3.05, 3.63) is 97.2 Å². The van der Waals surface area contributed by atoms with Crippen molar-refractivity contribution in [3.8, 4) is 0 Å². The molecule has 6 heteroatoms. The summed E-state index contributed by atoms with van der Waals surface area (Å²) in [4.78, 5) is 38.5. The van der Waals surface area contributed by atoms with E-state index in [1.165, 1.54) is 180 Å². The average molecular weight is 1130 g/mol. The van der Waals surface area contributed by atoms with Gasteiger partial charge >= 0.3 is 17.9 Å². The van der Waals surface area contributed by atoms with Gasteiger partial charge in [0.2, 0.25) is 0 Å². The van der Waals surface area contributed by atoms with Crippen molar-refractivity contribution in [1.82, 2.24) is 0 Å². The summed E-state index contributed by atoms with van der Waals surface area (Å²) in [5.41, 5.74) is 0. The van der Waals surface area contributed by atoms with Gasteiger partial charge in [0.15, 0.2) is 6.10 Å². The van der Waals surface area contributed by atoms with E-state index in [1.807, 2.05) is 0 Å². The number of esters is 3. The molecule has 0 aliphatic heterocycles. The van der Waals surface area contributed by atoms with Gasteiger partial charge in [-0.15, -0.1) is 0 Å². The Bertz CT molecular complexity index is 1580. The third-order valence-electron chi connectivity index (χ3n) is 15.1. The number of rotatable bonds is 63. The standard InChI is InChI=1S/C75H130O6/c1-4-7-10-13-16-19-22-25-28-31-33-35-36-37-38-40-41-44-47-50-53-56-59-62-65-68-74(77)80-71-72(70-79-73(76)67-64-61-58-55-52-49-46-43-30-27-24-21-18-15-12-9-6-3)81-75(78)69-66-63-60-57-54-51-48-45-42-39-34-32-29-26-23-20-17-14-11-8-5-2/h7,9-10,12,16,18-19,21,25,27-28,30,33,35,46,49,72H,4-6,8,11,13-15,17,20,22-24,26,29,31-32,34,36-45,47-48,50-71H2,1-3H3/b10-7-,12-9-,19-16-,21-18-,28-25-,30-27-,35-33-,49-46-. The molecule has 81 heavy (non-hydrogen) atoms. The molecule has 0 aromatic rings. The first-order valence-electron chi connectivity index (χ1n) is 34.7. The molecule has 0 aromatic heterocycles. The van der Waals surface area contributed by atoms with E-state index in [-0.39, 0.29) is 31.1 Å². The smallest absolute Gasteiger partial charge is 0.306 e. The van der Waals surface area contributed by atoms with E-state index in [4.69, 9.17) is 14.2 Å². The van der Waals surface area contributed by atoms with Gasteiger partial charge in [-0.3, -0.25) is 14.4 Å². The molecule has 0 fully saturated rings. The van der Waals surface area contributed by atoms with Gasteiger partial charge in [-0.1, -0.05) is 323 Å². The zero-order chi connectivity index (χ0) is 58.5. The molecule has 0 aliphatic rings. The highest BCUT2D eigenvalue weighted by molar-refractivity contribution is 5.71. The van der Waals surface area contributed by atoms with Crippen LogP contribution in [0.5, 0.6) is 0 Å². The topological polar surface area (TPSA) is 78.9 Å². The Morgan fingerprint density at radius 3 is 0.753 bits per heavy atom. The van der Waals surface area contributed by atoms with Crippen LogP contribution in [0.2, 0.25) is 0 Å². The first-order valence-corrected chi connectivity index (χ1v) is 34.7. The van der Waals surface area contributed by atoms with Crippen LogP contribution in [0.4, 0.5) is 0 Å². The van der Waals surface area contributed by atoms with Crippen molar-refractivity contribution in [3.63, 3.8) is 0 Å². The Morgan fingerprint density at radius 2 is 0.481 bits per heavy atom. The second kappa shape index (κ2) is 68.8. The lowest BCUT2D eigenvalue weighted by atomic mass is 10.0. The summed E-state index contributed by atoms with van der Waals surface area (Å²) >= 11 is 0. The number of unbranched alkanes of at least 4 members (excludes halogenated alkanes) is 36. The maximum atomic E-state index is 13.0. The molecule has 0 saturated heterocycles. The van der Waals surface area contributed by atoms with E-state index in [0.717, 1.165) is 122 Å². The van der Waals surface area contributed by atoms with Crippen molar-refractivity contribution < 1.29 is 28.6 Å². The molecule has 0 N–H and O–H groups in total. The van der Waals surface area contributed by atoms with Gasteiger partial charge in [0, 0.05) is 19.3 Å². The minimum absolute atomic E-state index is 0.0836. The highest BCUT2D eigenvalue weighted by Gasteiger charge is 2.19. The van der Waals surface area contributed by atoms with Crippen LogP contribution in [0.25, 0.3) is 0 Å². The lowest BCUT2D eigenvalue weighted by Crippen LogP contribution is -2.30. The van der Waals surface area contributed by atoms with Crippen LogP contribution < -0.4 is 0 Å². The van der Waals surface area contributed by atoms with E-state index in [9.17, 15) is 14.4 Å². The normalized spacial score (nSPS) is 12.7. The minimum Gasteiger partial charge on any atom is -0.462 e. The van der Waals surface area contributed by atoms with Gasteiger partial charge in [0.05, 0.1) is 0 Å². The number of carbonyl (C=O) groups excluding carboxylic acids is 3. The Hall–Kier alpha value is -3.67. The van der Waals surface area contributed by atoms with E-state index < -0.39 is 6.10 Å². The number of carbonyl (C=O) groups is 3. The third kappa shape index (κ3) is 67.0. The molecule has 0 saturated carbocycles. The lowest BCUT2D eigenvalue weighted by Gasteiger charge is -2.18. The van der Waals surface area contributed by atoms with Crippen molar-refractivity contribution in [1.29, 1.82) is 0 Å². The monoisotopic (exact) mass is 1130 g/mol. The van der Waals surface area contributed by atoms with Gasteiger partial charge in [0.1, 0.15) is 13.2 Å². The van der Waals surface area contributed by atoms with Crippen LogP contribution in [0, 0.1) is 0 Å². The summed E-state index contributed by atoms with van der Waals surface area (Å²) < 4.78 is 17.0. The summed E-state index contributed by atoms with van der Waals surface area (Å²) in [7, 11) is 0. The van der Waals surface area contributed by atoms with Crippen LogP contribution in [0.1, 0.15) is 342 Å². The van der Waals surface area contributed by atoms with E-state index >= 15 is 0 Å². The molecule has 0 heterocycles. The summed E-state index contributed by atoms with van der Waals surface area (Å²) in [6.45, 7) is 6.44. The fraction of sp³-hybridized carbons (Fsp3) is 0.747. The number of hydrogen-bond donors (Lipinski definition) is 0. The molecule has 1 unspecified atom stereocenters. The first-order chi connectivity index (χ1) is 40.0. The summed E-state index contributed by atoms with van der Waals surface area (Å²) in [5.74, 6) is -0.892. The van der Waals surface area contributed by atoms with Gasteiger partial charge in [0.25, 0.3) is 0 Å². The van der Waals surface area contributed by atoms with Gasteiger partial charge in [-0.05, 0) is 96.3 Å². The molecule has 466 valence electrons. The van der Waals surface area contributed by atoms with Crippen molar-refractivity contribution >= 4 is 17.9 Å². The fourth-order valence-electron chi connectivity index (χ4n) is 9.96. The van der Waals surface area contributed by atoms with Crippen LogP contribution in [0.3, 0.4) is 0 Å². The fourth-order valence-corrected chi connectivity index (χ4v) is 9.96. The zero-order valence-electron chi connectivity index (χ0n) is 53.5. The molecule has 0 aromatic carbocycles. The van der Waals surface area contributed by atoms with Gasteiger partial charge in [-0.2, -0.15) is 0 Å². The quantitative estimate of drug-likeness (QED) is 0.0261. The number of allylic oxidation sites excluding steroid dienone is 16. The summed E-state index contributed by atoms with van der Waals surface area (Å²) in [6.07, 6.45) is 92.8. The molecule has 0 bridgehead atoms. The van der Waals surface area contributed by atoms with E-state index in [0.29, 0.717) is 19.3 Å². The Labute approximate surface area is 502 Å². The molecular formula is C75H130O6.